The van der Waals surface area contributed by atoms with Crippen molar-refractivity contribution >= 4 is 15.9 Å². The zero-order chi connectivity index (χ0) is 20.5. The summed E-state index contributed by atoms with van der Waals surface area (Å²) in [7, 11) is -2.51. The summed E-state index contributed by atoms with van der Waals surface area (Å²) in [5, 5.41) is 2.58. The van der Waals surface area contributed by atoms with Crippen LogP contribution in [0.15, 0.2) is 41.3 Å². The molecule has 0 unspecified atom stereocenters. The van der Waals surface area contributed by atoms with Crippen LogP contribution in [0, 0.1) is 11.6 Å². The molecule has 2 aromatic rings. The number of ether oxygens (including phenoxy) is 1. The van der Waals surface area contributed by atoms with Crippen LogP contribution in [-0.2, 0) is 10.0 Å². The molecule has 1 amide bonds. The van der Waals surface area contributed by atoms with Gasteiger partial charge in [-0.1, -0.05) is 6.07 Å². The summed E-state index contributed by atoms with van der Waals surface area (Å²) in [6.45, 7) is 1.55. The van der Waals surface area contributed by atoms with Crippen molar-refractivity contribution in [2.45, 2.75) is 36.7 Å². The number of halogens is 2. The highest BCUT2D eigenvalue weighted by atomic mass is 32.2. The second kappa shape index (κ2) is 7.84. The van der Waals surface area contributed by atoms with E-state index < -0.39 is 33.6 Å². The Kier molecular flexibility index (Phi) is 5.66. The Balaban J connectivity index is 1.84. The number of methoxy groups -OCH3 is 1. The maximum Gasteiger partial charge on any atom is 0.251 e. The summed E-state index contributed by atoms with van der Waals surface area (Å²) >= 11 is 0. The van der Waals surface area contributed by atoms with Gasteiger partial charge in [0.15, 0.2) is 0 Å². The lowest BCUT2D eigenvalue weighted by atomic mass is 10.1. The first-order chi connectivity index (χ1) is 13.2. The maximum absolute atomic E-state index is 13.9. The van der Waals surface area contributed by atoms with E-state index in [9.17, 15) is 22.0 Å². The van der Waals surface area contributed by atoms with E-state index in [0.717, 1.165) is 25.0 Å². The summed E-state index contributed by atoms with van der Waals surface area (Å²) in [5.41, 5.74) is 0.192. The van der Waals surface area contributed by atoms with Crippen molar-refractivity contribution in [2.24, 2.45) is 0 Å². The minimum absolute atomic E-state index is 0.0753. The summed E-state index contributed by atoms with van der Waals surface area (Å²) in [5.74, 6) is -1.98. The van der Waals surface area contributed by atoms with Crippen LogP contribution in [0.3, 0.4) is 0 Å². The molecule has 0 aliphatic heterocycles. The van der Waals surface area contributed by atoms with Crippen molar-refractivity contribution < 1.29 is 26.7 Å². The van der Waals surface area contributed by atoms with E-state index in [4.69, 9.17) is 4.74 Å². The van der Waals surface area contributed by atoms with E-state index in [1.165, 1.54) is 31.4 Å². The van der Waals surface area contributed by atoms with Crippen molar-refractivity contribution in [3.63, 3.8) is 0 Å². The molecule has 2 N–H and O–H groups in total. The zero-order valence-corrected chi connectivity index (χ0v) is 16.1. The Morgan fingerprint density at radius 2 is 1.89 bits per heavy atom. The largest absolute Gasteiger partial charge is 0.495 e. The summed E-state index contributed by atoms with van der Waals surface area (Å²) in [6, 6.07) is 6.25. The molecule has 0 heterocycles. The molecule has 0 saturated heterocycles. The van der Waals surface area contributed by atoms with Gasteiger partial charge in [-0.25, -0.2) is 21.9 Å². The third-order valence-electron chi connectivity index (χ3n) is 4.39. The van der Waals surface area contributed by atoms with E-state index in [1.54, 1.807) is 6.92 Å². The fourth-order valence-corrected chi connectivity index (χ4v) is 4.22. The molecule has 1 saturated carbocycles. The number of sulfonamides is 1. The number of carbonyl (C=O) groups excluding carboxylic acids is 1. The quantitative estimate of drug-likeness (QED) is 0.735. The van der Waals surface area contributed by atoms with Crippen LogP contribution >= 0.6 is 0 Å². The molecular weight excluding hydrogens is 390 g/mol. The number of nitrogens with one attached hydrogen (secondary N) is 2. The fourth-order valence-electron chi connectivity index (χ4n) is 2.72. The molecule has 1 aliphatic rings. The van der Waals surface area contributed by atoms with E-state index in [1.807, 2.05) is 0 Å². The third kappa shape index (κ3) is 4.48. The molecular formula is C19H20F2N2O4S. The molecule has 2 aromatic carbocycles. The van der Waals surface area contributed by atoms with Crippen LogP contribution in [0.4, 0.5) is 8.78 Å². The third-order valence-corrected chi connectivity index (χ3v) is 5.93. The van der Waals surface area contributed by atoms with Crippen molar-refractivity contribution in [1.82, 2.24) is 10.0 Å². The highest BCUT2D eigenvalue weighted by Gasteiger charge is 2.30. The average molecular weight is 410 g/mol. The Hall–Kier alpha value is -2.52. The molecule has 0 bridgehead atoms. The number of rotatable bonds is 7. The molecule has 0 spiro atoms. The van der Waals surface area contributed by atoms with E-state index in [2.05, 4.69) is 10.0 Å². The second-order valence-corrected chi connectivity index (χ2v) is 8.30. The standard InChI is InChI=1S/C19H20F2N2O4S/c1-11(15-7-4-13(20)10-16(15)21)22-19(24)12-3-8-17(27-2)18(9-12)28(25,26)23-14-5-6-14/h3-4,7-11,14,23H,5-6H2,1-2H3,(H,22,24)/t11-/m1/s1. The number of hydrogen-bond acceptors (Lipinski definition) is 4. The average Bonchev–Trinajstić information content (AvgIpc) is 3.44. The number of amides is 1. The molecule has 9 heteroatoms. The van der Waals surface area contributed by atoms with Crippen LogP contribution in [-0.4, -0.2) is 27.5 Å². The minimum Gasteiger partial charge on any atom is -0.495 e. The van der Waals surface area contributed by atoms with E-state index in [-0.39, 0.29) is 27.8 Å². The predicted octanol–water partition coefficient (Wildman–Crippen LogP) is 2.91. The van der Waals surface area contributed by atoms with Gasteiger partial charge in [0.2, 0.25) is 10.0 Å². The predicted molar refractivity (Wildman–Crippen MR) is 98.6 cm³/mol. The summed E-state index contributed by atoms with van der Waals surface area (Å²) < 4.78 is 59.7. The SMILES string of the molecule is COc1ccc(C(=O)N[C@H](C)c2ccc(F)cc2F)cc1S(=O)(=O)NC1CC1. The molecule has 6 nitrogen and oxygen atoms in total. The molecule has 0 aromatic heterocycles. The van der Waals surface area contributed by atoms with Crippen LogP contribution < -0.4 is 14.8 Å². The molecule has 1 fully saturated rings. The Morgan fingerprint density at radius 1 is 1.18 bits per heavy atom. The van der Waals surface area contributed by atoms with Gasteiger partial charge in [0.1, 0.15) is 22.3 Å². The van der Waals surface area contributed by atoms with Crippen LogP contribution in [0.5, 0.6) is 5.75 Å². The van der Waals surface area contributed by atoms with Crippen molar-refractivity contribution in [3.8, 4) is 5.75 Å². The van der Waals surface area contributed by atoms with Crippen LogP contribution in [0.25, 0.3) is 0 Å². The lowest BCUT2D eigenvalue weighted by molar-refractivity contribution is 0.0939. The Morgan fingerprint density at radius 3 is 2.50 bits per heavy atom. The van der Waals surface area contributed by atoms with Crippen LogP contribution in [0.2, 0.25) is 0 Å². The number of benzene rings is 2. The smallest absolute Gasteiger partial charge is 0.251 e. The van der Waals surface area contributed by atoms with Gasteiger partial charge in [-0.05, 0) is 44.0 Å². The Bertz CT molecular complexity index is 1010. The van der Waals surface area contributed by atoms with Crippen molar-refractivity contribution in [2.75, 3.05) is 7.11 Å². The number of carbonyl (C=O) groups is 1. The van der Waals surface area contributed by atoms with Gasteiger partial charge in [0.25, 0.3) is 5.91 Å². The monoisotopic (exact) mass is 410 g/mol. The van der Waals surface area contributed by atoms with Gasteiger partial charge >= 0.3 is 0 Å². The first-order valence-corrected chi connectivity index (χ1v) is 10.2. The van der Waals surface area contributed by atoms with Gasteiger partial charge in [-0.15, -0.1) is 0 Å². The summed E-state index contributed by atoms with van der Waals surface area (Å²) in [4.78, 5) is 12.4. The van der Waals surface area contributed by atoms with Gasteiger partial charge in [-0.3, -0.25) is 4.79 Å². The molecule has 1 aliphatic carbocycles. The van der Waals surface area contributed by atoms with Crippen molar-refractivity contribution in [1.29, 1.82) is 0 Å². The number of hydrogen-bond donors (Lipinski definition) is 2. The van der Waals surface area contributed by atoms with Crippen LogP contribution in [0.1, 0.15) is 41.7 Å². The van der Waals surface area contributed by atoms with Crippen molar-refractivity contribution in [3.05, 3.63) is 59.2 Å². The molecule has 0 radical (unpaired) electrons. The van der Waals surface area contributed by atoms with Gasteiger partial charge < -0.3 is 10.1 Å². The highest BCUT2D eigenvalue weighted by molar-refractivity contribution is 7.89. The van der Waals surface area contributed by atoms with E-state index >= 15 is 0 Å². The van der Waals surface area contributed by atoms with Gasteiger partial charge in [-0.2, -0.15) is 0 Å². The lowest BCUT2D eigenvalue weighted by Gasteiger charge is -2.16. The molecule has 1 atom stereocenters. The lowest BCUT2D eigenvalue weighted by Crippen LogP contribution is -2.29. The topological polar surface area (TPSA) is 84.5 Å². The van der Waals surface area contributed by atoms with E-state index in [0.29, 0.717) is 0 Å². The Labute approximate surface area is 162 Å². The molecule has 150 valence electrons. The zero-order valence-electron chi connectivity index (χ0n) is 15.3. The first kappa shape index (κ1) is 20.2. The summed E-state index contributed by atoms with van der Waals surface area (Å²) in [6.07, 6.45) is 1.53. The maximum atomic E-state index is 13.9. The first-order valence-electron chi connectivity index (χ1n) is 8.67. The normalized spacial score (nSPS) is 15.1. The highest BCUT2D eigenvalue weighted by Crippen LogP contribution is 2.28. The second-order valence-electron chi connectivity index (χ2n) is 6.62. The fraction of sp³-hybridized carbons (Fsp3) is 0.316. The van der Waals surface area contributed by atoms with Gasteiger partial charge in [0.05, 0.1) is 13.2 Å². The van der Waals surface area contributed by atoms with Gasteiger partial charge in [0, 0.05) is 23.2 Å². The minimum atomic E-state index is -3.84. The molecule has 3 rings (SSSR count). The molecule has 28 heavy (non-hydrogen) atoms.